The molecule has 10 atom stereocenters. The van der Waals surface area contributed by atoms with Gasteiger partial charge in [0.15, 0.2) is 0 Å². The predicted molar refractivity (Wildman–Crippen MR) is 146 cm³/mol. The van der Waals surface area contributed by atoms with Crippen molar-refractivity contribution < 1.29 is 14.3 Å². The molecule has 5 aliphatic rings. The highest BCUT2D eigenvalue weighted by molar-refractivity contribution is 5.66. The van der Waals surface area contributed by atoms with E-state index in [1.807, 2.05) is 7.11 Å². The molecule has 0 amide bonds. The third-order valence-corrected chi connectivity index (χ3v) is 14.2. The molecular weight excluding hydrogens is 444 g/mol. The van der Waals surface area contributed by atoms with Crippen LogP contribution >= 0.6 is 0 Å². The van der Waals surface area contributed by atoms with Crippen LogP contribution < -0.4 is 0 Å². The van der Waals surface area contributed by atoms with Crippen LogP contribution in [0, 0.1) is 50.7 Å². The van der Waals surface area contributed by atoms with Gasteiger partial charge in [-0.2, -0.15) is 0 Å². The first-order chi connectivity index (χ1) is 16.6. The van der Waals surface area contributed by atoms with E-state index in [9.17, 15) is 4.79 Å². The SMILES string of the molecule is CO[C@]1(C)C(C)=CC[C@]2(C)CC[C@]3(C)[C@H](CC[C@@H]4[C@@]5(C)CC[C@H](OC(C)=O)C(C)(C)C5CC[C@]43C)C21. The van der Waals surface area contributed by atoms with Crippen LogP contribution in [0.2, 0.25) is 0 Å². The summed E-state index contributed by atoms with van der Waals surface area (Å²) in [4.78, 5) is 11.9. The number of ether oxygens (including phenoxy) is 2. The maximum atomic E-state index is 11.9. The molecule has 5 aliphatic carbocycles. The smallest absolute Gasteiger partial charge is 0.302 e. The van der Waals surface area contributed by atoms with E-state index in [-0.39, 0.29) is 23.1 Å². The summed E-state index contributed by atoms with van der Waals surface area (Å²) >= 11 is 0. The van der Waals surface area contributed by atoms with E-state index in [1.54, 1.807) is 6.92 Å². The normalized spacial score (nSPS) is 53.7. The Morgan fingerprint density at radius 2 is 1.56 bits per heavy atom. The molecule has 0 N–H and O–H groups in total. The molecule has 0 aromatic carbocycles. The molecule has 3 heteroatoms. The molecule has 0 aromatic heterocycles. The van der Waals surface area contributed by atoms with Crippen molar-refractivity contribution in [3.8, 4) is 0 Å². The van der Waals surface area contributed by atoms with E-state index in [0.717, 1.165) is 12.3 Å². The first kappa shape index (κ1) is 26.8. The molecular formula is C33H54O3. The molecule has 3 nitrogen and oxygen atoms in total. The molecule has 0 radical (unpaired) electrons. The van der Waals surface area contributed by atoms with E-state index in [0.29, 0.717) is 39.4 Å². The molecule has 2 unspecified atom stereocenters. The summed E-state index contributed by atoms with van der Waals surface area (Å²) in [7, 11) is 1.96. The van der Waals surface area contributed by atoms with Gasteiger partial charge in [-0.3, -0.25) is 4.79 Å². The number of methoxy groups -OCH3 is 1. The number of fused-ring (bicyclic) bond motifs is 7. The summed E-state index contributed by atoms with van der Waals surface area (Å²) in [5, 5.41) is 0. The molecule has 0 heterocycles. The van der Waals surface area contributed by atoms with Crippen molar-refractivity contribution in [3.63, 3.8) is 0 Å². The lowest BCUT2D eigenvalue weighted by molar-refractivity contribution is -0.264. The Balaban J connectivity index is 1.53. The minimum absolute atomic E-state index is 0.0305. The summed E-state index contributed by atoms with van der Waals surface area (Å²) in [6, 6.07) is 0. The van der Waals surface area contributed by atoms with Gasteiger partial charge in [0.25, 0.3) is 0 Å². The molecule has 0 spiro atoms. The second kappa shape index (κ2) is 8.09. The van der Waals surface area contributed by atoms with Crippen molar-refractivity contribution in [2.24, 2.45) is 50.7 Å². The summed E-state index contributed by atoms with van der Waals surface area (Å²) in [6.45, 7) is 21.7. The largest absolute Gasteiger partial charge is 0.462 e. The van der Waals surface area contributed by atoms with Crippen LogP contribution in [-0.4, -0.2) is 24.8 Å². The molecule has 4 saturated carbocycles. The van der Waals surface area contributed by atoms with Crippen molar-refractivity contribution in [3.05, 3.63) is 11.6 Å². The zero-order valence-electron chi connectivity index (χ0n) is 25.1. The van der Waals surface area contributed by atoms with Gasteiger partial charge in [-0.25, -0.2) is 0 Å². The van der Waals surface area contributed by atoms with Crippen LogP contribution in [0.3, 0.4) is 0 Å². The van der Waals surface area contributed by atoms with Crippen LogP contribution in [0.15, 0.2) is 11.6 Å². The lowest BCUT2D eigenvalue weighted by Crippen LogP contribution is -2.69. The van der Waals surface area contributed by atoms with Gasteiger partial charge in [-0.15, -0.1) is 0 Å². The van der Waals surface area contributed by atoms with E-state index in [1.165, 1.54) is 56.9 Å². The Morgan fingerprint density at radius 1 is 0.861 bits per heavy atom. The fraction of sp³-hybridized carbons (Fsp3) is 0.909. The van der Waals surface area contributed by atoms with Crippen molar-refractivity contribution in [2.45, 2.75) is 132 Å². The Bertz CT molecular complexity index is 951. The van der Waals surface area contributed by atoms with Gasteiger partial charge < -0.3 is 9.47 Å². The lowest BCUT2D eigenvalue weighted by Gasteiger charge is -2.74. The van der Waals surface area contributed by atoms with Gasteiger partial charge in [0.1, 0.15) is 6.10 Å². The Labute approximate surface area is 221 Å². The maximum Gasteiger partial charge on any atom is 0.302 e. The predicted octanol–water partition coefficient (Wildman–Crippen LogP) is 8.36. The zero-order chi connectivity index (χ0) is 26.5. The minimum atomic E-state index is -0.159. The highest BCUT2D eigenvalue weighted by atomic mass is 16.5. The number of carbonyl (C=O) groups is 1. The van der Waals surface area contributed by atoms with Crippen LogP contribution in [0.4, 0.5) is 0 Å². The highest BCUT2D eigenvalue weighted by Gasteiger charge is 2.71. The second-order valence-corrected chi connectivity index (χ2v) is 15.7. The van der Waals surface area contributed by atoms with Crippen molar-refractivity contribution in [1.82, 2.24) is 0 Å². The van der Waals surface area contributed by atoms with Crippen LogP contribution in [0.5, 0.6) is 0 Å². The third-order valence-electron chi connectivity index (χ3n) is 14.2. The van der Waals surface area contributed by atoms with E-state index in [2.05, 4.69) is 61.5 Å². The summed E-state index contributed by atoms with van der Waals surface area (Å²) in [6.07, 6.45) is 13.9. The first-order valence-electron chi connectivity index (χ1n) is 15.0. The Morgan fingerprint density at radius 3 is 2.19 bits per heavy atom. The lowest BCUT2D eigenvalue weighted by atomic mass is 9.31. The van der Waals surface area contributed by atoms with E-state index >= 15 is 0 Å². The van der Waals surface area contributed by atoms with Crippen LogP contribution in [-0.2, 0) is 14.3 Å². The fourth-order valence-corrected chi connectivity index (χ4v) is 12.0. The molecule has 4 fully saturated rings. The van der Waals surface area contributed by atoms with Crippen molar-refractivity contribution in [2.75, 3.05) is 7.11 Å². The van der Waals surface area contributed by atoms with Gasteiger partial charge in [0.2, 0.25) is 0 Å². The molecule has 0 aromatic rings. The van der Waals surface area contributed by atoms with Gasteiger partial charge in [-0.05, 0) is 117 Å². The number of carbonyl (C=O) groups excluding carboxylic acids is 1. The quantitative estimate of drug-likeness (QED) is 0.283. The summed E-state index contributed by atoms with van der Waals surface area (Å²) < 4.78 is 12.4. The molecule has 204 valence electrons. The number of hydrogen-bond acceptors (Lipinski definition) is 3. The monoisotopic (exact) mass is 498 g/mol. The second-order valence-electron chi connectivity index (χ2n) is 15.7. The number of allylic oxidation sites excluding steroid dienone is 1. The van der Waals surface area contributed by atoms with Gasteiger partial charge in [-0.1, -0.05) is 47.6 Å². The van der Waals surface area contributed by atoms with Gasteiger partial charge >= 0.3 is 5.97 Å². The molecule has 0 bridgehead atoms. The topological polar surface area (TPSA) is 35.5 Å². The standard InChI is InChI=1S/C33H54O3/c1-21-13-16-29(5)19-20-31(7)23(27(29)33(21,9)35-10)11-12-25-30(6)17-15-26(36-22(2)34)28(3,4)24(30)14-18-32(25,31)8/h13,23-27H,11-12,14-20H2,1-10H3/t23-,24?,25-,26+,27?,29-,30+,31-,32-,33-/m1/s1. The molecule has 5 rings (SSSR count). The fourth-order valence-electron chi connectivity index (χ4n) is 12.0. The highest BCUT2D eigenvalue weighted by Crippen LogP contribution is 2.77. The van der Waals surface area contributed by atoms with Crippen molar-refractivity contribution >= 4 is 5.97 Å². The number of esters is 1. The summed E-state index contributed by atoms with van der Waals surface area (Å²) in [5.74, 6) is 2.52. The molecule has 36 heavy (non-hydrogen) atoms. The number of rotatable bonds is 2. The average Bonchev–Trinajstić information content (AvgIpc) is 2.79. The van der Waals surface area contributed by atoms with Gasteiger partial charge in [0.05, 0.1) is 5.60 Å². The van der Waals surface area contributed by atoms with E-state index < -0.39 is 0 Å². The first-order valence-corrected chi connectivity index (χ1v) is 15.0. The molecule has 0 saturated heterocycles. The number of hydrogen-bond donors (Lipinski definition) is 0. The Hall–Kier alpha value is -0.830. The third kappa shape index (κ3) is 3.23. The van der Waals surface area contributed by atoms with Crippen molar-refractivity contribution in [1.29, 1.82) is 0 Å². The maximum absolute atomic E-state index is 11.9. The summed E-state index contributed by atoms with van der Waals surface area (Å²) in [5.41, 5.74) is 2.65. The van der Waals surface area contributed by atoms with E-state index in [4.69, 9.17) is 9.47 Å². The minimum Gasteiger partial charge on any atom is -0.462 e. The zero-order valence-corrected chi connectivity index (χ0v) is 25.1. The van der Waals surface area contributed by atoms with Crippen LogP contribution in [0.25, 0.3) is 0 Å². The average molecular weight is 499 g/mol. The Kier molecular flexibility index (Phi) is 6.01. The van der Waals surface area contributed by atoms with Gasteiger partial charge in [0, 0.05) is 25.4 Å². The van der Waals surface area contributed by atoms with Crippen LogP contribution in [0.1, 0.15) is 120 Å². The molecule has 0 aliphatic heterocycles.